The van der Waals surface area contributed by atoms with E-state index < -0.39 is 0 Å². The molecule has 0 spiro atoms. The number of hydrogen-bond acceptors (Lipinski definition) is 2. The van der Waals surface area contributed by atoms with Crippen molar-refractivity contribution in [2.75, 3.05) is 6.61 Å². The Balaban J connectivity index is 4.84. The van der Waals surface area contributed by atoms with E-state index in [-0.39, 0.29) is 11.9 Å². The first-order valence-electron chi connectivity index (χ1n) is 19.8. The SMILES string of the molecule is CCCCCCCCCCCCCCC(CC(CCCC)CCCCCC)C(=O)OCC(CCCC)CCCCCC. The van der Waals surface area contributed by atoms with Gasteiger partial charge in [-0.05, 0) is 37.5 Å². The zero-order valence-electron chi connectivity index (χ0n) is 30.0. The first kappa shape index (κ1) is 41.5. The Hall–Kier alpha value is -0.530. The molecule has 0 aliphatic heterocycles. The molecule has 0 aromatic carbocycles. The molecule has 2 nitrogen and oxygen atoms in total. The fraction of sp³-hybridized carbons (Fsp3) is 0.975. The molecule has 0 amide bonds. The van der Waals surface area contributed by atoms with E-state index >= 15 is 0 Å². The average Bonchev–Trinajstić information content (AvgIpc) is 3.00. The first-order chi connectivity index (χ1) is 20.6. The van der Waals surface area contributed by atoms with E-state index in [0.717, 1.165) is 12.8 Å². The van der Waals surface area contributed by atoms with Gasteiger partial charge in [0.15, 0.2) is 0 Å². The Morgan fingerprint density at radius 3 is 1.21 bits per heavy atom. The lowest BCUT2D eigenvalue weighted by Gasteiger charge is -2.24. The van der Waals surface area contributed by atoms with Crippen LogP contribution in [0.4, 0.5) is 0 Å². The summed E-state index contributed by atoms with van der Waals surface area (Å²) >= 11 is 0. The highest BCUT2D eigenvalue weighted by atomic mass is 16.5. The Bertz CT molecular complexity index is 530. The van der Waals surface area contributed by atoms with Crippen LogP contribution in [0.2, 0.25) is 0 Å². The van der Waals surface area contributed by atoms with E-state index in [4.69, 9.17) is 4.74 Å². The van der Waals surface area contributed by atoms with Crippen LogP contribution >= 0.6 is 0 Å². The molecule has 0 aliphatic carbocycles. The van der Waals surface area contributed by atoms with Crippen molar-refractivity contribution >= 4 is 5.97 Å². The number of hydrogen-bond donors (Lipinski definition) is 0. The van der Waals surface area contributed by atoms with Gasteiger partial charge in [-0.25, -0.2) is 0 Å². The fourth-order valence-corrected chi connectivity index (χ4v) is 6.68. The summed E-state index contributed by atoms with van der Waals surface area (Å²) in [5.41, 5.74) is 0. The second-order valence-electron chi connectivity index (χ2n) is 14.0. The Labute approximate surface area is 266 Å². The predicted octanol–water partition coefficient (Wildman–Crippen LogP) is 14.2. The van der Waals surface area contributed by atoms with Gasteiger partial charge in [-0.1, -0.05) is 202 Å². The second-order valence-corrected chi connectivity index (χ2v) is 14.0. The van der Waals surface area contributed by atoms with Gasteiger partial charge in [0.2, 0.25) is 0 Å². The molecule has 0 saturated heterocycles. The van der Waals surface area contributed by atoms with Crippen molar-refractivity contribution in [3.63, 3.8) is 0 Å². The van der Waals surface area contributed by atoms with Gasteiger partial charge in [-0.3, -0.25) is 4.79 Å². The van der Waals surface area contributed by atoms with Gasteiger partial charge >= 0.3 is 5.97 Å². The van der Waals surface area contributed by atoms with Crippen molar-refractivity contribution in [2.45, 2.75) is 227 Å². The van der Waals surface area contributed by atoms with E-state index in [2.05, 4.69) is 34.6 Å². The molecule has 42 heavy (non-hydrogen) atoms. The van der Waals surface area contributed by atoms with E-state index in [9.17, 15) is 4.79 Å². The zero-order chi connectivity index (χ0) is 30.9. The molecule has 0 heterocycles. The lowest BCUT2D eigenvalue weighted by atomic mass is 9.84. The third-order valence-electron chi connectivity index (χ3n) is 9.68. The summed E-state index contributed by atoms with van der Waals surface area (Å²) in [6.45, 7) is 12.1. The molecule has 0 aromatic heterocycles. The number of ether oxygens (including phenoxy) is 1. The standard InChI is InChI=1S/C40H80O2/c1-6-11-16-19-20-21-22-23-24-25-26-29-34-39(35-37(30-14-9-4)32-27-17-12-7-2)40(41)42-36-38(31-15-10-5)33-28-18-13-8-3/h37-39H,6-36H2,1-5H3. The minimum Gasteiger partial charge on any atom is -0.465 e. The second kappa shape index (κ2) is 33.4. The fourth-order valence-electron chi connectivity index (χ4n) is 6.68. The number of carbonyl (C=O) groups excluding carboxylic acids is 1. The zero-order valence-corrected chi connectivity index (χ0v) is 30.0. The topological polar surface area (TPSA) is 26.3 Å². The molecule has 2 heteroatoms. The van der Waals surface area contributed by atoms with Crippen LogP contribution in [0.1, 0.15) is 227 Å². The molecule has 0 aromatic rings. The van der Waals surface area contributed by atoms with Gasteiger partial charge in [0.1, 0.15) is 0 Å². The van der Waals surface area contributed by atoms with E-state index in [0.29, 0.717) is 18.4 Å². The number of carbonyl (C=O) groups is 1. The number of unbranched alkanes of at least 4 members (excludes halogenated alkanes) is 19. The highest BCUT2D eigenvalue weighted by Gasteiger charge is 2.25. The van der Waals surface area contributed by atoms with Gasteiger partial charge in [0.05, 0.1) is 12.5 Å². The third kappa shape index (κ3) is 27.0. The van der Waals surface area contributed by atoms with Crippen molar-refractivity contribution in [3.05, 3.63) is 0 Å². The lowest BCUT2D eigenvalue weighted by Crippen LogP contribution is -2.24. The minimum atomic E-state index is 0.119. The van der Waals surface area contributed by atoms with Crippen LogP contribution in [-0.2, 0) is 9.53 Å². The molecule has 0 fully saturated rings. The van der Waals surface area contributed by atoms with Crippen LogP contribution in [0.5, 0.6) is 0 Å². The van der Waals surface area contributed by atoms with Crippen LogP contribution in [0, 0.1) is 17.8 Å². The summed E-state index contributed by atoms with van der Waals surface area (Å²) < 4.78 is 6.19. The quantitative estimate of drug-likeness (QED) is 0.0548. The molecule has 0 rings (SSSR count). The van der Waals surface area contributed by atoms with Gasteiger partial charge < -0.3 is 4.74 Å². The van der Waals surface area contributed by atoms with Crippen molar-refractivity contribution in [1.29, 1.82) is 0 Å². The summed E-state index contributed by atoms with van der Waals surface area (Å²) in [6.07, 6.45) is 39.2. The highest BCUT2D eigenvalue weighted by molar-refractivity contribution is 5.72. The van der Waals surface area contributed by atoms with Crippen LogP contribution in [0.3, 0.4) is 0 Å². The van der Waals surface area contributed by atoms with E-state index in [1.54, 1.807) is 0 Å². The Morgan fingerprint density at radius 2 is 0.738 bits per heavy atom. The predicted molar refractivity (Wildman–Crippen MR) is 188 cm³/mol. The van der Waals surface area contributed by atoms with Crippen LogP contribution in [0.25, 0.3) is 0 Å². The average molecular weight is 593 g/mol. The van der Waals surface area contributed by atoms with Gasteiger partial charge in [0, 0.05) is 0 Å². The Kier molecular flexibility index (Phi) is 32.9. The molecular weight excluding hydrogens is 512 g/mol. The van der Waals surface area contributed by atoms with Crippen molar-refractivity contribution in [1.82, 2.24) is 0 Å². The maximum atomic E-state index is 13.6. The van der Waals surface area contributed by atoms with Crippen molar-refractivity contribution in [3.8, 4) is 0 Å². The first-order valence-corrected chi connectivity index (χ1v) is 19.8. The molecule has 0 saturated carbocycles. The molecule has 0 N–H and O–H groups in total. The van der Waals surface area contributed by atoms with Gasteiger partial charge in [-0.15, -0.1) is 0 Å². The molecular formula is C40H80O2. The molecule has 0 bridgehead atoms. The summed E-state index contributed by atoms with van der Waals surface area (Å²) in [5, 5.41) is 0. The Morgan fingerprint density at radius 1 is 0.405 bits per heavy atom. The summed E-state index contributed by atoms with van der Waals surface area (Å²) in [4.78, 5) is 13.6. The van der Waals surface area contributed by atoms with Gasteiger partial charge in [0.25, 0.3) is 0 Å². The van der Waals surface area contributed by atoms with Crippen LogP contribution in [-0.4, -0.2) is 12.6 Å². The maximum absolute atomic E-state index is 13.6. The highest BCUT2D eigenvalue weighted by Crippen LogP contribution is 2.29. The van der Waals surface area contributed by atoms with Crippen molar-refractivity contribution < 1.29 is 9.53 Å². The van der Waals surface area contributed by atoms with Crippen LogP contribution < -0.4 is 0 Å². The van der Waals surface area contributed by atoms with E-state index in [1.165, 1.54) is 180 Å². The summed E-state index contributed by atoms with van der Waals surface area (Å²) in [6, 6.07) is 0. The van der Waals surface area contributed by atoms with Crippen molar-refractivity contribution in [2.24, 2.45) is 17.8 Å². The number of rotatable bonds is 34. The maximum Gasteiger partial charge on any atom is 0.308 e. The summed E-state index contributed by atoms with van der Waals surface area (Å²) in [5.74, 6) is 1.51. The molecule has 252 valence electrons. The van der Waals surface area contributed by atoms with Gasteiger partial charge in [-0.2, -0.15) is 0 Å². The molecule has 3 unspecified atom stereocenters. The van der Waals surface area contributed by atoms with Crippen LogP contribution in [0.15, 0.2) is 0 Å². The molecule has 3 atom stereocenters. The minimum absolute atomic E-state index is 0.119. The third-order valence-corrected chi connectivity index (χ3v) is 9.68. The monoisotopic (exact) mass is 593 g/mol. The smallest absolute Gasteiger partial charge is 0.308 e. The molecule has 0 aliphatic rings. The normalized spacial score (nSPS) is 13.7. The molecule has 0 radical (unpaired) electrons. The largest absolute Gasteiger partial charge is 0.465 e. The summed E-state index contributed by atoms with van der Waals surface area (Å²) in [7, 11) is 0. The number of esters is 1. The lowest BCUT2D eigenvalue weighted by molar-refractivity contribution is -0.151. The van der Waals surface area contributed by atoms with E-state index in [1.807, 2.05) is 0 Å².